The van der Waals surface area contributed by atoms with Gasteiger partial charge in [-0.1, -0.05) is 20.3 Å². The topological polar surface area (TPSA) is 73.0 Å². The van der Waals surface area contributed by atoms with Crippen molar-refractivity contribution in [3.05, 3.63) is 23.8 Å². The third-order valence-corrected chi connectivity index (χ3v) is 8.23. The fraction of sp³-hybridized carbons (Fsp3) is 0.682. The maximum atomic E-state index is 12.9. The SMILES string of the molecule is CCCCS(=O)(=O)N1CCCC1C(=O)Nc1ccc(N2CCN(CC)CC2)cc1C. The van der Waals surface area contributed by atoms with Crippen LogP contribution in [0.5, 0.6) is 0 Å². The fourth-order valence-corrected chi connectivity index (χ4v) is 6.19. The van der Waals surface area contributed by atoms with E-state index in [1.807, 2.05) is 19.9 Å². The maximum absolute atomic E-state index is 12.9. The van der Waals surface area contributed by atoms with Crippen molar-refractivity contribution in [3.8, 4) is 0 Å². The summed E-state index contributed by atoms with van der Waals surface area (Å²) < 4.78 is 26.7. The highest BCUT2D eigenvalue weighted by Crippen LogP contribution is 2.27. The maximum Gasteiger partial charge on any atom is 0.242 e. The van der Waals surface area contributed by atoms with Crippen LogP contribution in [0.3, 0.4) is 0 Å². The van der Waals surface area contributed by atoms with Gasteiger partial charge in [0.05, 0.1) is 5.75 Å². The number of unbranched alkanes of at least 4 members (excludes halogenated alkanes) is 1. The number of piperazine rings is 1. The Kier molecular flexibility index (Phi) is 7.76. The molecule has 1 amide bonds. The summed E-state index contributed by atoms with van der Waals surface area (Å²) in [5.74, 6) is -0.105. The number of carbonyl (C=O) groups is 1. The van der Waals surface area contributed by atoms with Crippen molar-refractivity contribution in [1.82, 2.24) is 9.21 Å². The van der Waals surface area contributed by atoms with Crippen LogP contribution in [0.2, 0.25) is 0 Å². The largest absolute Gasteiger partial charge is 0.369 e. The van der Waals surface area contributed by atoms with Crippen molar-refractivity contribution in [1.29, 1.82) is 0 Å². The Hall–Kier alpha value is -1.64. The minimum atomic E-state index is -3.38. The first-order valence-corrected chi connectivity index (χ1v) is 12.8. The third kappa shape index (κ3) is 5.34. The van der Waals surface area contributed by atoms with E-state index < -0.39 is 16.1 Å². The van der Waals surface area contributed by atoms with Gasteiger partial charge in [-0.25, -0.2) is 8.42 Å². The molecule has 1 aromatic carbocycles. The van der Waals surface area contributed by atoms with Crippen molar-refractivity contribution < 1.29 is 13.2 Å². The number of sulfonamides is 1. The van der Waals surface area contributed by atoms with E-state index in [4.69, 9.17) is 0 Å². The number of hydrogen-bond donors (Lipinski definition) is 1. The molecule has 30 heavy (non-hydrogen) atoms. The van der Waals surface area contributed by atoms with E-state index in [0.29, 0.717) is 19.4 Å². The molecule has 2 aliphatic rings. The van der Waals surface area contributed by atoms with E-state index >= 15 is 0 Å². The second-order valence-corrected chi connectivity index (χ2v) is 10.4. The summed E-state index contributed by atoms with van der Waals surface area (Å²) >= 11 is 0. The number of benzene rings is 1. The van der Waals surface area contributed by atoms with Crippen LogP contribution in [0.1, 0.15) is 45.1 Å². The fourth-order valence-electron chi connectivity index (χ4n) is 4.30. The molecular formula is C22H36N4O3S. The zero-order valence-corrected chi connectivity index (χ0v) is 19.4. The number of nitrogens with one attached hydrogen (secondary N) is 1. The summed E-state index contributed by atoms with van der Waals surface area (Å²) in [4.78, 5) is 17.7. The molecule has 2 saturated heterocycles. The van der Waals surface area contributed by atoms with Gasteiger partial charge in [-0.15, -0.1) is 0 Å². The van der Waals surface area contributed by atoms with E-state index in [2.05, 4.69) is 34.2 Å². The zero-order valence-electron chi connectivity index (χ0n) is 18.6. The first-order valence-electron chi connectivity index (χ1n) is 11.2. The van der Waals surface area contributed by atoms with E-state index in [1.54, 1.807) is 0 Å². The van der Waals surface area contributed by atoms with Gasteiger partial charge < -0.3 is 15.1 Å². The number of amides is 1. The monoisotopic (exact) mass is 436 g/mol. The molecule has 2 fully saturated rings. The molecule has 1 N–H and O–H groups in total. The Balaban J connectivity index is 1.65. The summed E-state index contributed by atoms with van der Waals surface area (Å²) in [5.41, 5.74) is 2.93. The number of hydrogen-bond acceptors (Lipinski definition) is 5. The van der Waals surface area contributed by atoms with Crippen LogP contribution in [0.4, 0.5) is 11.4 Å². The molecule has 2 heterocycles. The number of likely N-dealkylation sites (N-methyl/N-ethyl adjacent to an activating group) is 1. The average Bonchev–Trinajstić information content (AvgIpc) is 3.25. The highest BCUT2D eigenvalue weighted by Gasteiger charge is 2.38. The molecule has 0 aliphatic carbocycles. The molecule has 8 heteroatoms. The second kappa shape index (κ2) is 10.1. The predicted molar refractivity (Wildman–Crippen MR) is 123 cm³/mol. The third-order valence-electron chi connectivity index (χ3n) is 6.27. The predicted octanol–water partition coefficient (Wildman–Crippen LogP) is 2.67. The first-order chi connectivity index (χ1) is 14.4. The van der Waals surface area contributed by atoms with Crippen molar-refractivity contribution >= 4 is 27.3 Å². The number of carbonyl (C=O) groups excluding carboxylic acids is 1. The lowest BCUT2D eigenvalue weighted by Crippen LogP contribution is -2.46. The Bertz CT molecular complexity index is 835. The van der Waals surface area contributed by atoms with Gasteiger partial charge in [-0.05, 0) is 56.5 Å². The van der Waals surface area contributed by atoms with E-state index in [-0.39, 0.29) is 11.7 Å². The highest BCUT2D eigenvalue weighted by molar-refractivity contribution is 7.89. The van der Waals surface area contributed by atoms with Gasteiger partial charge >= 0.3 is 0 Å². The zero-order chi connectivity index (χ0) is 21.7. The summed E-state index contributed by atoms with van der Waals surface area (Å²) in [5, 5.41) is 2.98. The Labute approximate surface area is 181 Å². The van der Waals surface area contributed by atoms with Crippen LogP contribution in [-0.2, 0) is 14.8 Å². The van der Waals surface area contributed by atoms with Crippen LogP contribution in [-0.4, -0.2) is 74.6 Å². The minimum absolute atomic E-state index is 0.117. The molecule has 0 spiro atoms. The summed E-state index contributed by atoms with van der Waals surface area (Å²) in [7, 11) is -3.38. The standard InChI is InChI=1S/C22H36N4O3S/c1-4-6-16-30(28,29)26-11-7-8-21(26)22(27)23-20-10-9-19(17-18(20)3)25-14-12-24(5-2)13-15-25/h9-10,17,21H,4-8,11-16H2,1-3H3,(H,23,27). The van der Waals surface area contributed by atoms with Crippen LogP contribution < -0.4 is 10.2 Å². The smallest absolute Gasteiger partial charge is 0.242 e. The summed E-state index contributed by atoms with van der Waals surface area (Å²) in [6, 6.07) is 5.50. The van der Waals surface area contributed by atoms with Gasteiger partial charge in [0.25, 0.3) is 0 Å². The molecule has 168 valence electrons. The first kappa shape index (κ1) is 23.0. The van der Waals surface area contributed by atoms with Crippen LogP contribution >= 0.6 is 0 Å². The van der Waals surface area contributed by atoms with E-state index in [0.717, 1.165) is 56.8 Å². The number of aryl methyl sites for hydroxylation is 1. The Morgan fingerprint density at radius 2 is 1.87 bits per heavy atom. The quantitative estimate of drug-likeness (QED) is 0.678. The Morgan fingerprint density at radius 3 is 2.50 bits per heavy atom. The molecule has 0 saturated carbocycles. The van der Waals surface area contributed by atoms with Gasteiger partial charge in [-0.3, -0.25) is 4.79 Å². The van der Waals surface area contributed by atoms with E-state index in [9.17, 15) is 13.2 Å². The lowest BCUT2D eigenvalue weighted by atomic mass is 10.1. The van der Waals surface area contributed by atoms with Crippen molar-refractivity contribution in [2.24, 2.45) is 0 Å². The molecule has 2 aliphatic heterocycles. The molecule has 3 rings (SSSR count). The number of anilines is 2. The molecule has 0 aromatic heterocycles. The van der Waals surface area contributed by atoms with Gasteiger partial charge in [0.15, 0.2) is 0 Å². The van der Waals surface area contributed by atoms with Gasteiger partial charge in [-0.2, -0.15) is 4.31 Å². The minimum Gasteiger partial charge on any atom is -0.369 e. The highest BCUT2D eigenvalue weighted by atomic mass is 32.2. The van der Waals surface area contributed by atoms with Crippen molar-refractivity contribution in [3.63, 3.8) is 0 Å². The molecule has 0 bridgehead atoms. The van der Waals surface area contributed by atoms with Gasteiger partial charge in [0, 0.05) is 44.1 Å². The average molecular weight is 437 g/mol. The van der Waals surface area contributed by atoms with Gasteiger partial charge in [0.1, 0.15) is 6.04 Å². The van der Waals surface area contributed by atoms with E-state index in [1.165, 1.54) is 9.99 Å². The summed E-state index contributed by atoms with van der Waals surface area (Å²) in [6.07, 6.45) is 2.75. The van der Waals surface area contributed by atoms with Crippen LogP contribution in [0.25, 0.3) is 0 Å². The second-order valence-electron chi connectivity index (χ2n) is 8.35. The lowest BCUT2D eigenvalue weighted by molar-refractivity contribution is -0.119. The number of rotatable bonds is 8. The number of nitrogens with zero attached hydrogens (tertiary/aromatic N) is 3. The molecular weight excluding hydrogens is 400 g/mol. The molecule has 1 atom stereocenters. The van der Waals surface area contributed by atoms with Crippen molar-refractivity contribution in [2.75, 3.05) is 55.2 Å². The van der Waals surface area contributed by atoms with Crippen molar-refractivity contribution in [2.45, 2.75) is 52.5 Å². The Morgan fingerprint density at radius 1 is 1.13 bits per heavy atom. The molecule has 7 nitrogen and oxygen atoms in total. The molecule has 1 aromatic rings. The van der Waals surface area contributed by atoms with Crippen LogP contribution in [0, 0.1) is 6.92 Å². The van der Waals surface area contributed by atoms with Crippen LogP contribution in [0.15, 0.2) is 18.2 Å². The molecule has 1 unspecified atom stereocenters. The summed E-state index contributed by atoms with van der Waals surface area (Å²) in [6.45, 7) is 11.8. The van der Waals surface area contributed by atoms with Gasteiger partial charge in [0.2, 0.25) is 15.9 Å². The normalized spacial score (nSPS) is 21.2. The molecule has 0 radical (unpaired) electrons. The lowest BCUT2D eigenvalue weighted by Gasteiger charge is -2.35.